The number of hydrogen-bond acceptors (Lipinski definition) is 4. The van der Waals surface area contributed by atoms with Crippen molar-refractivity contribution >= 4 is 32.8 Å². The highest BCUT2D eigenvalue weighted by molar-refractivity contribution is 8.19. The molecule has 1 aliphatic heterocycles. The van der Waals surface area contributed by atoms with Gasteiger partial charge in [-0.3, -0.25) is 4.99 Å². The van der Waals surface area contributed by atoms with Crippen molar-refractivity contribution < 1.29 is 8.42 Å². The van der Waals surface area contributed by atoms with Crippen molar-refractivity contribution in [1.29, 1.82) is 0 Å². The van der Waals surface area contributed by atoms with Crippen LogP contribution >= 0.6 is 11.8 Å². The highest BCUT2D eigenvalue weighted by atomic mass is 32.2. The van der Waals surface area contributed by atoms with E-state index in [2.05, 4.69) is 25.2 Å². The number of aliphatic imine (C=N–C) groups is 1. The Balaban J connectivity index is 2.50. The van der Waals surface area contributed by atoms with Crippen LogP contribution in [0.1, 0.15) is 47.1 Å². The molecule has 1 fully saturated rings. The highest BCUT2D eigenvalue weighted by Gasteiger charge is 2.32. The first-order valence-corrected chi connectivity index (χ1v) is 12.0. The number of sulfonamides is 1. The minimum atomic E-state index is -3.81. The summed E-state index contributed by atoms with van der Waals surface area (Å²) in [5, 5.41) is 1.89. The van der Waals surface area contributed by atoms with Gasteiger partial charge in [0.25, 0.3) is 10.0 Å². The molecule has 1 aromatic rings. The van der Waals surface area contributed by atoms with Crippen LogP contribution in [0.15, 0.2) is 49.2 Å². The Labute approximate surface area is 179 Å². The Hall–Kier alpha value is -1.80. The molecule has 160 valence electrons. The summed E-state index contributed by atoms with van der Waals surface area (Å²) >= 11 is 1.56. The zero-order valence-electron chi connectivity index (χ0n) is 18.6. The molecule has 0 atom stereocenters. The van der Waals surface area contributed by atoms with Crippen LogP contribution in [0.2, 0.25) is 0 Å². The maximum atomic E-state index is 13.0. The summed E-state index contributed by atoms with van der Waals surface area (Å²) in [4.78, 5) is 8.88. The maximum Gasteiger partial charge on any atom is 0.284 e. The zero-order valence-corrected chi connectivity index (χ0v) is 20.3. The van der Waals surface area contributed by atoms with Gasteiger partial charge in [0.15, 0.2) is 5.17 Å². The minimum absolute atomic E-state index is 0.166. The van der Waals surface area contributed by atoms with Crippen molar-refractivity contribution in [3.05, 3.63) is 40.4 Å². The van der Waals surface area contributed by atoms with E-state index in [0.29, 0.717) is 18.9 Å². The Bertz CT molecular complexity index is 936. The zero-order chi connectivity index (χ0) is 22.0. The van der Waals surface area contributed by atoms with Gasteiger partial charge < -0.3 is 9.80 Å². The van der Waals surface area contributed by atoms with E-state index in [-0.39, 0.29) is 10.4 Å². The van der Waals surface area contributed by atoms with E-state index < -0.39 is 10.0 Å². The third kappa shape index (κ3) is 5.63. The fraction of sp³-hybridized carbons (Fsp3) is 0.524. The molecule has 0 unspecified atom stereocenters. The molecule has 0 radical (unpaired) electrons. The molecule has 1 aliphatic rings. The summed E-state index contributed by atoms with van der Waals surface area (Å²) in [6.07, 6.45) is 0. The van der Waals surface area contributed by atoms with Gasteiger partial charge >= 0.3 is 0 Å². The lowest BCUT2D eigenvalue weighted by molar-refractivity contribution is 0.464. The molecule has 2 rings (SSSR count). The van der Waals surface area contributed by atoms with Gasteiger partial charge in [0.05, 0.1) is 15.5 Å². The summed E-state index contributed by atoms with van der Waals surface area (Å²) in [7, 11) is -1.86. The van der Waals surface area contributed by atoms with Gasteiger partial charge in [0.2, 0.25) is 0 Å². The van der Waals surface area contributed by atoms with E-state index in [1.54, 1.807) is 36.0 Å². The molecular weight excluding hydrogens is 404 g/mol. The largest absolute Gasteiger partial charge is 0.356 e. The van der Waals surface area contributed by atoms with Gasteiger partial charge in [-0.2, -0.15) is 8.42 Å². The fourth-order valence-electron chi connectivity index (χ4n) is 2.84. The third-order valence-corrected chi connectivity index (χ3v) is 7.06. The van der Waals surface area contributed by atoms with Crippen LogP contribution in [0.25, 0.3) is 0 Å². The molecular formula is C21H32N4O2S2. The molecule has 1 saturated heterocycles. The topological polar surface area (TPSA) is 65.3 Å². The lowest BCUT2D eigenvalue weighted by Gasteiger charge is -2.37. The number of hydrogen-bond donors (Lipinski definition) is 0. The van der Waals surface area contributed by atoms with Crippen molar-refractivity contribution in [1.82, 2.24) is 9.80 Å². The number of aryl methyl sites for hydroxylation is 1. The summed E-state index contributed by atoms with van der Waals surface area (Å²) in [5.74, 6) is 0.486. The van der Waals surface area contributed by atoms with Gasteiger partial charge in [-0.05, 0) is 72.4 Å². The number of likely N-dealkylation sites (N-methyl/N-ethyl adjacent to an activating group) is 1. The molecule has 0 amide bonds. The molecule has 0 N–H and O–H groups in total. The van der Waals surface area contributed by atoms with E-state index in [0.717, 1.165) is 21.3 Å². The van der Waals surface area contributed by atoms with E-state index in [4.69, 9.17) is 4.99 Å². The Kier molecular flexibility index (Phi) is 7.22. The van der Waals surface area contributed by atoms with Crippen molar-refractivity contribution in [3.8, 4) is 0 Å². The average Bonchev–Trinajstić information content (AvgIpc) is 2.63. The summed E-state index contributed by atoms with van der Waals surface area (Å²) in [6.45, 7) is 15.4. The summed E-state index contributed by atoms with van der Waals surface area (Å²) < 4.78 is 30.2. The molecule has 0 aliphatic carbocycles. The van der Waals surface area contributed by atoms with Crippen LogP contribution in [0, 0.1) is 6.92 Å². The van der Waals surface area contributed by atoms with Crippen molar-refractivity contribution in [2.45, 2.75) is 58.9 Å². The SMILES string of the molecule is CCN(CC)C(=NS(=O)(=O)c1ccc(C)cc1)C(C)=C1SC(=NC(C)(C)C)N1C. The summed E-state index contributed by atoms with van der Waals surface area (Å²) in [6, 6.07) is 6.79. The number of amidine groups is 2. The molecule has 1 aromatic carbocycles. The minimum Gasteiger partial charge on any atom is -0.356 e. The van der Waals surface area contributed by atoms with E-state index in [1.165, 1.54) is 0 Å². The van der Waals surface area contributed by atoms with Crippen LogP contribution in [0.3, 0.4) is 0 Å². The van der Waals surface area contributed by atoms with E-state index in [1.807, 2.05) is 44.5 Å². The molecule has 1 heterocycles. The lowest BCUT2D eigenvalue weighted by atomic mass is 10.1. The van der Waals surface area contributed by atoms with Crippen molar-refractivity contribution in [2.24, 2.45) is 9.39 Å². The molecule has 0 bridgehead atoms. The Morgan fingerprint density at radius 2 is 1.69 bits per heavy atom. The van der Waals surface area contributed by atoms with Crippen LogP contribution < -0.4 is 0 Å². The highest BCUT2D eigenvalue weighted by Crippen LogP contribution is 2.39. The number of nitrogens with zero attached hydrogens (tertiary/aromatic N) is 4. The second-order valence-corrected chi connectivity index (χ2v) is 10.6. The number of benzene rings is 1. The van der Waals surface area contributed by atoms with Gasteiger partial charge in [-0.25, -0.2) is 0 Å². The maximum absolute atomic E-state index is 13.0. The normalized spacial score (nSPS) is 18.7. The summed E-state index contributed by atoms with van der Waals surface area (Å²) in [5.41, 5.74) is 1.68. The van der Waals surface area contributed by atoms with Crippen molar-refractivity contribution in [3.63, 3.8) is 0 Å². The third-order valence-electron chi connectivity index (χ3n) is 4.46. The quantitative estimate of drug-likeness (QED) is 0.503. The smallest absolute Gasteiger partial charge is 0.284 e. The number of rotatable bonds is 5. The van der Waals surface area contributed by atoms with Crippen LogP contribution in [-0.4, -0.2) is 54.9 Å². The second kappa shape index (κ2) is 8.92. The van der Waals surface area contributed by atoms with E-state index in [9.17, 15) is 8.42 Å². The molecule has 6 nitrogen and oxygen atoms in total. The predicted octanol–water partition coefficient (Wildman–Crippen LogP) is 4.49. The molecule has 0 aromatic heterocycles. The molecule has 8 heteroatoms. The van der Waals surface area contributed by atoms with Gasteiger partial charge in [0, 0.05) is 25.7 Å². The first kappa shape index (κ1) is 23.5. The molecule has 29 heavy (non-hydrogen) atoms. The van der Waals surface area contributed by atoms with Gasteiger partial charge in [-0.1, -0.05) is 17.7 Å². The van der Waals surface area contributed by atoms with Crippen LogP contribution in [0.5, 0.6) is 0 Å². The molecule has 0 spiro atoms. The predicted molar refractivity (Wildman–Crippen MR) is 124 cm³/mol. The van der Waals surface area contributed by atoms with Crippen molar-refractivity contribution in [2.75, 3.05) is 20.1 Å². The second-order valence-electron chi connectivity index (χ2n) is 8.03. The lowest BCUT2D eigenvalue weighted by Crippen LogP contribution is -2.39. The first-order valence-electron chi connectivity index (χ1n) is 9.79. The fourth-order valence-corrected chi connectivity index (χ4v) is 4.96. The van der Waals surface area contributed by atoms with Crippen LogP contribution in [-0.2, 0) is 10.0 Å². The Morgan fingerprint density at radius 1 is 1.14 bits per heavy atom. The first-order chi connectivity index (χ1) is 13.4. The molecule has 0 saturated carbocycles. The average molecular weight is 437 g/mol. The van der Waals surface area contributed by atoms with Gasteiger partial charge in [0.1, 0.15) is 5.84 Å². The van der Waals surface area contributed by atoms with E-state index >= 15 is 0 Å². The van der Waals surface area contributed by atoms with Crippen LogP contribution in [0.4, 0.5) is 0 Å². The number of thioether (sulfide) groups is 1. The standard InChI is InChI=1S/C21H32N4O2S2/c1-9-25(10-2)18(23-29(26,27)17-13-11-15(3)12-14-17)16(4)19-24(8)20(28-19)22-21(5,6)7/h11-14H,9-10H2,1-8H3. The Morgan fingerprint density at radius 3 is 2.14 bits per heavy atom. The monoisotopic (exact) mass is 436 g/mol. The van der Waals surface area contributed by atoms with Gasteiger partial charge in [-0.15, -0.1) is 4.40 Å².